The molecule has 0 aliphatic heterocycles. The van der Waals surface area contributed by atoms with Crippen LogP contribution < -0.4 is 4.74 Å². The molecule has 0 unspecified atom stereocenters. The molecule has 1 aromatic heterocycles. The van der Waals surface area contributed by atoms with E-state index in [2.05, 4.69) is 15.1 Å². The summed E-state index contributed by atoms with van der Waals surface area (Å²) >= 11 is 0. The summed E-state index contributed by atoms with van der Waals surface area (Å²) in [5, 5.41) is 11.8. The van der Waals surface area contributed by atoms with Crippen LogP contribution in [0.2, 0.25) is 0 Å². The Bertz CT molecular complexity index is 509. The second-order valence-corrected chi connectivity index (χ2v) is 3.34. The van der Waals surface area contributed by atoms with E-state index in [1.807, 2.05) is 0 Å². The van der Waals surface area contributed by atoms with Crippen molar-refractivity contribution >= 4 is 5.71 Å². The lowest BCUT2D eigenvalue weighted by Crippen LogP contribution is -1.95. The Morgan fingerprint density at radius 1 is 1.18 bits per heavy atom. The van der Waals surface area contributed by atoms with Crippen molar-refractivity contribution in [2.45, 2.75) is 6.92 Å². The van der Waals surface area contributed by atoms with Gasteiger partial charge in [-0.15, -0.1) is 0 Å². The Kier molecular flexibility index (Phi) is 3.30. The predicted molar refractivity (Wildman–Crippen MR) is 62.5 cm³/mol. The van der Waals surface area contributed by atoms with Crippen molar-refractivity contribution in [3.05, 3.63) is 48.3 Å². The van der Waals surface area contributed by atoms with E-state index in [1.165, 1.54) is 0 Å². The van der Waals surface area contributed by atoms with Gasteiger partial charge in [0, 0.05) is 12.4 Å². The Morgan fingerprint density at radius 2 is 1.82 bits per heavy atom. The van der Waals surface area contributed by atoms with Crippen LogP contribution in [0.25, 0.3) is 0 Å². The molecule has 17 heavy (non-hydrogen) atoms. The number of oxime groups is 1. The molecule has 2 rings (SSSR count). The van der Waals surface area contributed by atoms with Gasteiger partial charge in [0.05, 0.1) is 5.71 Å². The number of benzene rings is 1. The maximum absolute atomic E-state index is 8.63. The molecule has 2 aromatic rings. The molecule has 0 atom stereocenters. The molecule has 1 heterocycles. The standard InChI is InChI=1S/C12H11N3O2/c1-9(15-16)10-3-5-11(6-4-10)17-12-13-7-2-8-14-12/h2-8,16H,1H3/b15-9+. The average Bonchev–Trinajstić information content (AvgIpc) is 2.40. The van der Waals surface area contributed by atoms with Gasteiger partial charge in [0.2, 0.25) is 0 Å². The Hall–Kier alpha value is -2.43. The molecular formula is C12H11N3O2. The molecule has 0 spiro atoms. The summed E-state index contributed by atoms with van der Waals surface area (Å²) in [5.41, 5.74) is 1.38. The van der Waals surface area contributed by atoms with Crippen LogP contribution in [0.1, 0.15) is 12.5 Å². The van der Waals surface area contributed by atoms with Crippen LogP contribution in [0.15, 0.2) is 47.9 Å². The molecule has 0 aliphatic rings. The molecule has 86 valence electrons. The van der Waals surface area contributed by atoms with Gasteiger partial charge < -0.3 is 9.94 Å². The lowest BCUT2D eigenvalue weighted by Gasteiger charge is -2.04. The first-order chi connectivity index (χ1) is 8.29. The number of rotatable bonds is 3. The second kappa shape index (κ2) is 5.07. The highest BCUT2D eigenvalue weighted by atomic mass is 16.5. The summed E-state index contributed by atoms with van der Waals surface area (Å²) in [6, 6.07) is 9.14. The molecule has 0 radical (unpaired) electrons. The highest BCUT2D eigenvalue weighted by Crippen LogP contribution is 2.17. The zero-order chi connectivity index (χ0) is 12.1. The minimum absolute atomic E-state index is 0.299. The first-order valence-corrected chi connectivity index (χ1v) is 5.03. The lowest BCUT2D eigenvalue weighted by molar-refractivity contribution is 0.319. The maximum Gasteiger partial charge on any atom is 0.321 e. The van der Waals surface area contributed by atoms with Crippen molar-refractivity contribution in [2.75, 3.05) is 0 Å². The summed E-state index contributed by atoms with van der Waals surface area (Å²) in [5.74, 6) is 0.630. The number of hydrogen-bond acceptors (Lipinski definition) is 5. The van der Waals surface area contributed by atoms with Gasteiger partial charge >= 0.3 is 6.01 Å². The average molecular weight is 229 g/mol. The van der Waals surface area contributed by atoms with Crippen molar-refractivity contribution in [1.82, 2.24) is 9.97 Å². The molecule has 0 bridgehead atoms. The summed E-state index contributed by atoms with van der Waals surface area (Å²) in [6.07, 6.45) is 3.22. The van der Waals surface area contributed by atoms with E-state index >= 15 is 0 Å². The predicted octanol–water partition coefficient (Wildman–Crippen LogP) is 2.47. The van der Waals surface area contributed by atoms with Gasteiger partial charge in [-0.2, -0.15) is 0 Å². The molecule has 0 fully saturated rings. The third-order valence-corrected chi connectivity index (χ3v) is 2.17. The van der Waals surface area contributed by atoms with E-state index < -0.39 is 0 Å². The highest BCUT2D eigenvalue weighted by molar-refractivity contribution is 5.98. The number of nitrogens with zero attached hydrogens (tertiary/aromatic N) is 3. The van der Waals surface area contributed by atoms with Gasteiger partial charge in [-0.05, 0) is 42.8 Å². The van der Waals surface area contributed by atoms with Gasteiger partial charge in [0.25, 0.3) is 0 Å². The molecule has 1 N–H and O–H groups in total. The first-order valence-electron chi connectivity index (χ1n) is 5.03. The molecule has 5 heteroatoms. The fourth-order valence-electron chi connectivity index (χ4n) is 1.27. The summed E-state index contributed by atoms with van der Waals surface area (Å²) in [6.45, 7) is 1.72. The fourth-order valence-corrected chi connectivity index (χ4v) is 1.27. The minimum atomic E-state index is 0.299. The maximum atomic E-state index is 8.63. The molecule has 0 saturated heterocycles. The van der Waals surface area contributed by atoms with Crippen LogP contribution in [-0.4, -0.2) is 20.9 Å². The third-order valence-electron chi connectivity index (χ3n) is 2.17. The number of hydrogen-bond donors (Lipinski definition) is 1. The van der Waals surface area contributed by atoms with E-state index in [1.54, 1.807) is 49.6 Å². The molecular weight excluding hydrogens is 218 g/mol. The molecule has 0 aliphatic carbocycles. The van der Waals surface area contributed by atoms with Crippen molar-refractivity contribution in [1.29, 1.82) is 0 Å². The van der Waals surface area contributed by atoms with Crippen LogP contribution in [0, 0.1) is 0 Å². The van der Waals surface area contributed by atoms with Crippen molar-refractivity contribution < 1.29 is 9.94 Å². The van der Waals surface area contributed by atoms with Crippen molar-refractivity contribution in [3.8, 4) is 11.8 Å². The summed E-state index contributed by atoms with van der Waals surface area (Å²) < 4.78 is 5.42. The van der Waals surface area contributed by atoms with Gasteiger partial charge in [-0.1, -0.05) is 5.16 Å². The third kappa shape index (κ3) is 2.78. The van der Waals surface area contributed by atoms with Crippen molar-refractivity contribution in [3.63, 3.8) is 0 Å². The van der Waals surface area contributed by atoms with E-state index in [0.29, 0.717) is 17.5 Å². The van der Waals surface area contributed by atoms with E-state index in [0.717, 1.165) is 5.56 Å². The Labute approximate surface area is 98.4 Å². The molecule has 5 nitrogen and oxygen atoms in total. The minimum Gasteiger partial charge on any atom is -0.424 e. The van der Waals surface area contributed by atoms with Crippen LogP contribution in [0.4, 0.5) is 0 Å². The molecule has 1 aromatic carbocycles. The summed E-state index contributed by atoms with van der Waals surface area (Å²) in [7, 11) is 0. The van der Waals surface area contributed by atoms with Crippen LogP contribution in [-0.2, 0) is 0 Å². The summed E-state index contributed by atoms with van der Waals surface area (Å²) in [4.78, 5) is 7.90. The first kappa shape index (κ1) is 11.1. The largest absolute Gasteiger partial charge is 0.424 e. The molecule has 0 amide bonds. The zero-order valence-corrected chi connectivity index (χ0v) is 9.24. The number of aromatic nitrogens is 2. The Morgan fingerprint density at radius 3 is 2.41 bits per heavy atom. The quantitative estimate of drug-likeness (QED) is 0.498. The van der Waals surface area contributed by atoms with Crippen LogP contribution in [0.3, 0.4) is 0 Å². The highest BCUT2D eigenvalue weighted by Gasteiger charge is 2.01. The molecule has 0 saturated carbocycles. The lowest BCUT2D eigenvalue weighted by atomic mass is 10.1. The fraction of sp³-hybridized carbons (Fsp3) is 0.0833. The van der Waals surface area contributed by atoms with Gasteiger partial charge in [-0.3, -0.25) is 0 Å². The normalized spacial score (nSPS) is 11.2. The Balaban J connectivity index is 2.14. The van der Waals surface area contributed by atoms with E-state index in [4.69, 9.17) is 9.94 Å². The van der Waals surface area contributed by atoms with Gasteiger partial charge in [0.15, 0.2) is 0 Å². The number of ether oxygens (including phenoxy) is 1. The van der Waals surface area contributed by atoms with Gasteiger partial charge in [0.1, 0.15) is 5.75 Å². The van der Waals surface area contributed by atoms with Crippen LogP contribution in [0.5, 0.6) is 11.8 Å². The zero-order valence-electron chi connectivity index (χ0n) is 9.24. The topological polar surface area (TPSA) is 67.6 Å². The van der Waals surface area contributed by atoms with E-state index in [-0.39, 0.29) is 0 Å². The monoisotopic (exact) mass is 229 g/mol. The van der Waals surface area contributed by atoms with E-state index in [9.17, 15) is 0 Å². The van der Waals surface area contributed by atoms with Crippen molar-refractivity contribution in [2.24, 2.45) is 5.16 Å². The smallest absolute Gasteiger partial charge is 0.321 e. The van der Waals surface area contributed by atoms with Gasteiger partial charge in [-0.25, -0.2) is 9.97 Å². The second-order valence-electron chi connectivity index (χ2n) is 3.34. The SMILES string of the molecule is C/C(=N\O)c1ccc(Oc2ncccn2)cc1. The van der Waals surface area contributed by atoms with Crippen LogP contribution >= 0.6 is 0 Å².